The van der Waals surface area contributed by atoms with Gasteiger partial charge in [0.05, 0.1) is 39.8 Å². The van der Waals surface area contributed by atoms with E-state index in [1.165, 1.54) is 160 Å². The first kappa shape index (κ1) is 79.5. The monoisotopic (exact) mass is 1840 g/mol. The van der Waals surface area contributed by atoms with Crippen LogP contribution in [-0.2, 0) is 0 Å². The lowest BCUT2D eigenvalue weighted by molar-refractivity contribution is -0.591. The van der Waals surface area contributed by atoms with Crippen LogP contribution in [-0.4, -0.2) is 43.6 Å². The molecule has 0 N–H and O–H groups in total. The molecule has 0 spiro atoms. The molecule has 650 valence electrons. The third-order valence-electron chi connectivity index (χ3n) is 28.2. The lowest BCUT2D eigenvalue weighted by Crippen LogP contribution is -2.37. The summed E-state index contributed by atoms with van der Waals surface area (Å²) in [5.41, 5.74) is 34.5. The van der Waals surface area contributed by atoms with Gasteiger partial charge >= 0.3 is 5.95 Å². The first-order chi connectivity index (χ1) is 69.5. The van der Waals surface area contributed by atoms with Gasteiger partial charge in [0.25, 0.3) is 0 Å². The Labute approximate surface area is 815 Å². The number of nitrogens with zero attached hydrogens (tertiary/aromatic N) is 10. The molecule has 140 heavy (non-hydrogen) atoms. The third kappa shape index (κ3) is 12.3. The van der Waals surface area contributed by atoms with E-state index in [2.05, 4.69) is 407 Å². The number of fused-ring (bicyclic) bond motifs is 8. The fourth-order valence-corrected chi connectivity index (χ4v) is 25.8. The van der Waals surface area contributed by atoms with Gasteiger partial charge in [-0.3, -0.25) is 4.57 Å². The highest BCUT2D eigenvalue weighted by molar-refractivity contribution is 7.27. The zero-order valence-electron chi connectivity index (χ0n) is 75.0. The Bertz CT molecular complexity index is 9930. The predicted molar refractivity (Wildman–Crippen MR) is 583 cm³/mol. The maximum atomic E-state index is 5.43. The second-order valence-electron chi connectivity index (χ2n) is 35.9. The van der Waals surface area contributed by atoms with Crippen molar-refractivity contribution in [3.8, 4) is 169 Å². The molecule has 0 aliphatic heterocycles. The molecule has 0 saturated heterocycles. The molecule has 28 aromatic rings. The van der Waals surface area contributed by atoms with E-state index in [0.717, 1.165) is 101 Å². The average molecular weight is 1840 g/mol. The number of benzene rings is 19. The lowest BCUT2D eigenvalue weighted by atomic mass is 9.95. The van der Waals surface area contributed by atoms with Gasteiger partial charge < -0.3 is 4.57 Å². The largest absolute Gasteiger partial charge is 0.409 e. The van der Waals surface area contributed by atoms with Crippen LogP contribution in [0.3, 0.4) is 0 Å². The first-order valence-electron chi connectivity index (χ1n) is 47.2. The second kappa shape index (κ2) is 31.9. The van der Waals surface area contributed by atoms with Crippen LogP contribution in [0, 0.1) is 0 Å². The van der Waals surface area contributed by atoms with Gasteiger partial charge in [-0.1, -0.05) is 345 Å². The summed E-state index contributed by atoms with van der Waals surface area (Å²) in [7, 11) is 0. The fourth-order valence-electron chi connectivity index (χ4n) is 22.3. The number of thiophene rings is 3. The van der Waals surface area contributed by atoms with Crippen LogP contribution in [0.1, 0.15) is 0 Å². The van der Waals surface area contributed by atoms with Crippen molar-refractivity contribution in [2.45, 2.75) is 0 Å². The molecule has 10 nitrogen and oxygen atoms in total. The minimum Gasteiger partial charge on any atom is -0.309 e. The number of rotatable bonds is 11. The first-order valence-corrected chi connectivity index (χ1v) is 49.7. The molecule has 0 unspecified atom stereocenters. The van der Waals surface area contributed by atoms with Crippen molar-refractivity contribution < 1.29 is 4.57 Å². The van der Waals surface area contributed by atoms with Crippen LogP contribution in [0.4, 0.5) is 0 Å². The zero-order chi connectivity index (χ0) is 91.7. The van der Waals surface area contributed by atoms with E-state index in [9.17, 15) is 0 Å². The predicted octanol–water partition coefficient (Wildman–Crippen LogP) is 33.6. The van der Waals surface area contributed by atoms with Gasteiger partial charge in [-0.2, -0.15) is 4.57 Å². The third-order valence-corrected chi connectivity index (χ3v) is 31.5. The summed E-state index contributed by atoms with van der Waals surface area (Å²) in [4.78, 5) is 30.9. The van der Waals surface area contributed by atoms with Crippen LogP contribution in [0.5, 0.6) is 0 Å². The van der Waals surface area contributed by atoms with Gasteiger partial charge in [-0.05, 0) is 170 Å². The summed E-state index contributed by atoms with van der Waals surface area (Å²) >= 11 is 5.65. The average Bonchev–Trinajstić information content (AvgIpc) is 1.48. The van der Waals surface area contributed by atoms with E-state index >= 15 is 0 Å². The number of hydrogen-bond acceptors (Lipinski definition) is 9. The Morgan fingerprint density at radius 2 is 0.521 bits per heavy atom. The summed E-state index contributed by atoms with van der Waals surface area (Å²) in [5.74, 6) is 3.48. The SMILES string of the molecule is c1ccc(-c2c3c4c(cccc4n2-c2nc4ccccc4c[n+]2-c2ccccc2)-c2cccc4sc5cccc-3c5c24)cc1.c1ccc(-c2nc(-c3ccccc3)nc(-c3ccc(-n4c(-c5ccccc5)c5c6c(cccc64)-c4cccc6sc7cccc-5c7c46)cc3)n2)cc1.c1ccc(-c2nc(-n3c(-c4ccccc4)c4c5c(cccc53)-c3cccc5sc6cccc-4c6c35)nc3ccccc23)cc1. The van der Waals surface area contributed by atoms with E-state index in [4.69, 9.17) is 29.9 Å². The smallest absolute Gasteiger partial charge is 0.309 e. The molecule has 19 aromatic carbocycles. The molecular weight excluding hydrogens is 1760 g/mol. The Balaban J connectivity index is 0.000000101. The molecule has 13 heteroatoms. The highest BCUT2D eigenvalue weighted by atomic mass is 32.1. The highest BCUT2D eigenvalue weighted by Gasteiger charge is 2.38. The van der Waals surface area contributed by atoms with Gasteiger partial charge in [-0.25, -0.2) is 29.5 Å². The molecule has 0 fully saturated rings. The number of para-hydroxylation sites is 3. The van der Waals surface area contributed by atoms with Crippen molar-refractivity contribution in [1.29, 1.82) is 0 Å². The summed E-state index contributed by atoms with van der Waals surface area (Å²) in [6.45, 7) is 0. The van der Waals surface area contributed by atoms with E-state index < -0.39 is 0 Å². The van der Waals surface area contributed by atoms with Crippen molar-refractivity contribution in [2.24, 2.45) is 0 Å². The minimum atomic E-state index is 0.641. The Hall–Kier alpha value is -17.9. The van der Waals surface area contributed by atoms with Crippen molar-refractivity contribution in [1.82, 2.24) is 43.6 Å². The number of hydrogen-bond donors (Lipinski definition) is 0. The van der Waals surface area contributed by atoms with Gasteiger partial charge in [0.15, 0.2) is 23.0 Å². The summed E-state index contributed by atoms with van der Waals surface area (Å²) in [6.07, 6.45) is 2.22. The molecule has 0 radical (unpaired) electrons. The summed E-state index contributed by atoms with van der Waals surface area (Å²) < 4.78 is 17.3. The van der Waals surface area contributed by atoms with Gasteiger partial charge in [0.2, 0.25) is 5.95 Å². The number of aromatic nitrogens is 10. The van der Waals surface area contributed by atoms with Crippen LogP contribution >= 0.6 is 34.0 Å². The molecule has 0 atom stereocenters. The molecule has 3 aliphatic rings. The minimum absolute atomic E-state index is 0.641. The molecule has 0 amide bonds. The zero-order valence-corrected chi connectivity index (χ0v) is 77.4. The van der Waals surface area contributed by atoms with Crippen LogP contribution in [0.2, 0.25) is 0 Å². The quantitative estimate of drug-likeness (QED) is 0.120. The maximum absolute atomic E-state index is 5.43. The lowest BCUT2D eigenvalue weighted by Gasteiger charge is -2.15. The molecule has 3 aliphatic carbocycles. The van der Waals surface area contributed by atoms with E-state index in [-0.39, 0.29) is 0 Å². The van der Waals surface area contributed by atoms with Crippen LogP contribution < -0.4 is 4.57 Å². The summed E-state index contributed by atoms with van der Waals surface area (Å²) in [6, 6.07) is 160. The van der Waals surface area contributed by atoms with Crippen molar-refractivity contribution in [3.63, 3.8) is 0 Å². The maximum Gasteiger partial charge on any atom is 0.409 e. The molecule has 9 aromatic heterocycles. The molecular formula is C127H75N10S3+. The second-order valence-corrected chi connectivity index (χ2v) is 39.1. The molecule has 0 saturated carbocycles. The highest BCUT2D eigenvalue weighted by Crippen LogP contribution is 2.60. The molecule has 31 rings (SSSR count). The van der Waals surface area contributed by atoms with Crippen LogP contribution in [0.25, 0.3) is 284 Å². The van der Waals surface area contributed by atoms with E-state index in [1.807, 2.05) is 101 Å². The van der Waals surface area contributed by atoms with Gasteiger partial charge in [0.1, 0.15) is 16.9 Å². The van der Waals surface area contributed by atoms with Crippen molar-refractivity contribution in [2.75, 3.05) is 0 Å². The van der Waals surface area contributed by atoms with Crippen molar-refractivity contribution >= 4 is 149 Å². The van der Waals surface area contributed by atoms with E-state index in [1.54, 1.807) is 0 Å². The Morgan fingerprint density at radius 3 is 0.950 bits per heavy atom. The van der Waals surface area contributed by atoms with Gasteiger partial charge in [0, 0.05) is 138 Å². The normalized spacial score (nSPS) is 12.0. The van der Waals surface area contributed by atoms with Crippen LogP contribution in [0.15, 0.2) is 455 Å². The summed E-state index contributed by atoms with van der Waals surface area (Å²) in [5, 5.41) is 14.0. The Kier molecular flexibility index (Phi) is 18.1. The standard InChI is InChI=1S/C47H28N4S.C40H24N3S.C40H23N3S/c1-4-13-29(14-5-1)44-43-36-21-12-24-39-42(36)41-35(20-11-23-38(41)52-39)34-19-10-22-37(40(34)43)51(44)33-27-25-32(26-28-33)47-49-45(30-15-6-2-7-16-30)48-46(50-47)31-17-8-3-9-18-31;1-3-12-25(13-4-1)39-38-30-19-11-23-34-37(30)36-29(18-10-22-33(36)44-34)28-17-9-21-32(35(28)38)43(39)40-41-31-20-8-7-14-26(31)24-42(40)27-15-5-2-6-16-27;1-3-12-24(13-4-1)38-28-16-7-8-20-30(28)41-40(42-38)43-31-21-9-17-26-27-18-10-22-32-35(27)36-29(19-11-23-33(36)44-32)37(34(26)31)39(43)25-14-5-2-6-15-25/h1-28H;1-24H;1-23H/q;+1;. The van der Waals surface area contributed by atoms with Crippen molar-refractivity contribution in [3.05, 3.63) is 455 Å². The molecule has 0 bridgehead atoms. The Morgan fingerprint density at radius 1 is 0.207 bits per heavy atom. The van der Waals surface area contributed by atoms with E-state index in [0.29, 0.717) is 23.4 Å². The molecule has 9 heterocycles. The van der Waals surface area contributed by atoms with Gasteiger partial charge in [-0.15, -0.1) is 34.0 Å². The fraction of sp³-hybridized carbons (Fsp3) is 0. The topological polar surface area (TPSA) is 96.0 Å².